The van der Waals surface area contributed by atoms with E-state index in [1.54, 1.807) is 18.2 Å². The zero-order chi connectivity index (χ0) is 14.5. The highest BCUT2D eigenvalue weighted by Crippen LogP contribution is 2.22. The Morgan fingerprint density at radius 3 is 2.60 bits per heavy atom. The molecule has 20 heavy (non-hydrogen) atoms. The third-order valence-electron chi connectivity index (χ3n) is 2.48. The van der Waals surface area contributed by atoms with Gasteiger partial charge in [0.25, 0.3) is 0 Å². The molecule has 0 aromatic heterocycles. The predicted molar refractivity (Wildman–Crippen MR) is 76.6 cm³/mol. The van der Waals surface area contributed by atoms with Crippen LogP contribution in [0, 0.1) is 11.6 Å². The Morgan fingerprint density at radius 2 is 1.90 bits per heavy atom. The lowest BCUT2D eigenvalue weighted by atomic mass is 10.2. The van der Waals surface area contributed by atoms with Crippen molar-refractivity contribution in [2.24, 2.45) is 0 Å². The molecule has 0 unspecified atom stereocenters. The van der Waals surface area contributed by atoms with Crippen molar-refractivity contribution < 1.29 is 13.6 Å². The van der Waals surface area contributed by atoms with Crippen molar-refractivity contribution >= 4 is 29.0 Å². The van der Waals surface area contributed by atoms with Crippen LogP contribution in [0.1, 0.15) is 0 Å². The number of benzene rings is 2. The molecule has 3 nitrogen and oxygen atoms in total. The molecule has 0 spiro atoms. The van der Waals surface area contributed by atoms with Gasteiger partial charge in [-0.3, -0.25) is 4.79 Å². The fourth-order valence-electron chi connectivity index (χ4n) is 1.52. The molecule has 0 saturated heterocycles. The minimum absolute atomic E-state index is 0.0374. The Bertz CT molecular complexity index is 634. The number of nitrogens with two attached hydrogens (primary N) is 1. The zero-order valence-corrected chi connectivity index (χ0v) is 11.2. The number of thioether (sulfide) groups is 1. The van der Waals surface area contributed by atoms with Gasteiger partial charge in [-0.15, -0.1) is 11.8 Å². The van der Waals surface area contributed by atoms with Crippen LogP contribution in [0.15, 0.2) is 47.4 Å². The van der Waals surface area contributed by atoms with Gasteiger partial charge >= 0.3 is 0 Å². The molecule has 104 valence electrons. The lowest BCUT2D eigenvalue weighted by Crippen LogP contribution is -2.14. The molecule has 0 radical (unpaired) electrons. The first-order valence-corrected chi connectivity index (χ1v) is 6.77. The molecule has 2 aromatic rings. The minimum Gasteiger partial charge on any atom is -0.396 e. The van der Waals surface area contributed by atoms with E-state index in [0.29, 0.717) is 10.6 Å². The van der Waals surface area contributed by atoms with Crippen LogP contribution in [-0.2, 0) is 4.79 Å². The Balaban J connectivity index is 1.93. The lowest BCUT2D eigenvalue weighted by molar-refractivity contribution is -0.113. The van der Waals surface area contributed by atoms with Crippen LogP contribution < -0.4 is 11.1 Å². The van der Waals surface area contributed by atoms with Crippen LogP contribution in [-0.4, -0.2) is 11.7 Å². The van der Waals surface area contributed by atoms with Gasteiger partial charge in [-0.2, -0.15) is 0 Å². The fourth-order valence-corrected chi connectivity index (χ4v) is 2.26. The molecule has 6 heteroatoms. The van der Waals surface area contributed by atoms with Gasteiger partial charge in [-0.1, -0.05) is 12.1 Å². The summed E-state index contributed by atoms with van der Waals surface area (Å²) >= 11 is 1.09. The highest BCUT2D eigenvalue weighted by Gasteiger charge is 2.07. The summed E-state index contributed by atoms with van der Waals surface area (Å²) in [5.74, 6) is -1.16. The molecule has 3 N–H and O–H groups in total. The average Bonchev–Trinajstić information content (AvgIpc) is 2.42. The first kappa shape index (κ1) is 14.3. The van der Waals surface area contributed by atoms with E-state index in [1.807, 2.05) is 0 Å². The molecular weight excluding hydrogens is 282 g/mol. The highest BCUT2D eigenvalue weighted by molar-refractivity contribution is 8.00. The number of anilines is 2. The van der Waals surface area contributed by atoms with Crippen molar-refractivity contribution in [3.63, 3.8) is 0 Å². The average molecular weight is 294 g/mol. The van der Waals surface area contributed by atoms with Crippen LogP contribution in [0.25, 0.3) is 0 Å². The van der Waals surface area contributed by atoms with Crippen molar-refractivity contribution in [1.82, 2.24) is 0 Å². The number of hydrogen-bond acceptors (Lipinski definition) is 3. The van der Waals surface area contributed by atoms with Gasteiger partial charge in [-0.05, 0) is 30.3 Å². The maximum absolute atomic E-state index is 13.4. The number of carbonyl (C=O) groups is 1. The van der Waals surface area contributed by atoms with E-state index in [2.05, 4.69) is 5.32 Å². The zero-order valence-electron chi connectivity index (χ0n) is 10.4. The molecule has 0 atom stereocenters. The molecule has 0 aliphatic rings. The predicted octanol–water partition coefficient (Wildman–Crippen LogP) is 3.28. The number of hydrogen-bond donors (Lipinski definition) is 2. The number of amides is 1. The van der Waals surface area contributed by atoms with Gasteiger partial charge in [0.1, 0.15) is 11.6 Å². The summed E-state index contributed by atoms with van der Waals surface area (Å²) in [6, 6.07) is 10.1. The molecule has 0 aliphatic heterocycles. The van der Waals surface area contributed by atoms with E-state index in [-0.39, 0.29) is 23.2 Å². The second-order valence-electron chi connectivity index (χ2n) is 4.00. The molecular formula is C14H12F2N2OS. The summed E-state index contributed by atoms with van der Waals surface area (Å²) in [6.07, 6.45) is 0. The van der Waals surface area contributed by atoms with Crippen LogP contribution in [0.5, 0.6) is 0 Å². The molecule has 0 fully saturated rings. The summed E-state index contributed by atoms with van der Waals surface area (Å²) in [5, 5.41) is 2.57. The highest BCUT2D eigenvalue weighted by atomic mass is 32.2. The maximum atomic E-state index is 13.4. The van der Waals surface area contributed by atoms with Crippen molar-refractivity contribution in [2.45, 2.75) is 4.90 Å². The number of carbonyl (C=O) groups excluding carboxylic acids is 1. The Morgan fingerprint density at radius 1 is 1.15 bits per heavy atom. The van der Waals surface area contributed by atoms with E-state index in [9.17, 15) is 13.6 Å². The molecule has 2 aromatic carbocycles. The topological polar surface area (TPSA) is 55.1 Å². The monoisotopic (exact) mass is 294 g/mol. The Labute approximate surface area is 119 Å². The van der Waals surface area contributed by atoms with Crippen molar-refractivity contribution in [1.29, 1.82) is 0 Å². The second-order valence-corrected chi connectivity index (χ2v) is 5.02. The van der Waals surface area contributed by atoms with Crippen molar-refractivity contribution in [2.75, 3.05) is 16.8 Å². The Hall–Kier alpha value is -2.08. The number of nitrogens with one attached hydrogen (secondary N) is 1. The molecule has 0 bridgehead atoms. The number of rotatable bonds is 4. The second kappa shape index (κ2) is 6.38. The van der Waals surface area contributed by atoms with Gasteiger partial charge in [-0.25, -0.2) is 8.78 Å². The first-order chi connectivity index (χ1) is 9.56. The van der Waals surface area contributed by atoms with Crippen molar-refractivity contribution in [3.8, 4) is 0 Å². The quantitative estimate of drug-likeness (QED) is 0.672. The molecule has 0 aliphatic carbocycles. The third kappa shape index (κ3) is 3.71. The van der Waals surface area contributed by atoms with E-state index < -0.39 is 5.82 Å². The molecule has 1 amide bonds. The fraction of sp³-hybridized carbons (Fsp3) is 0.0714. The summed E-state index contributed by atoms with van der Waals surface area (Å²) in [4.78, 5) is 12.1. The number of halogens is 2. The smallest absolute Gasteiger partial charge is 0.234 e. The summed E-state index contributed by atoms with van der Waals surface area (Å²) < 4.78 is 26.3. The van der Waals surface area contributed by atoms with Crippen LogP contribution >= 0.6 is 11.8 Å². The third-order valence-corrected chi connectivity index (χ3v) is 3.52. The minimum atomic E-state index is -0.538. The van der Waals surface area contributed by atoms with Crippen LogP contribution in [0.2, 0.25) is 0 Å². The van der Waals surface area contributed by atoms with E-state index in [0.717, 1.165) is 11.8 Å². The summed E-state index contributed by atoms with van der Waals surface area (Å²) in [6.45, 7) is 0. The molecule has 2 rings (SSSR count). The van der Waals surface area contributed by atoms with Crippen LogP contribution in [0.3, 0.4) is 0 Å². The largest absolute Gasteiger partial charge is 0.396 e. The number of nitrogen functional groups attached to an aromatic ring is 1. The van der Waals surface area contributed by atoms with Gasteiger partial charge < -0.3 is 11.1 Å². The van der Waals surface area contributed by atoms with Gasteiger partial charge in [0, 0.05) is 10.6 Å². The van der Waals surface area contributed by atoms with E-state index in [4.69, 9.17) is 5.73 Å². The van der Waals surface area contributed by atoms with Gasteiger partial charge in [0.05, 0.1) is 11.4 Å². The molecule has 0 saturated carbocycles. The summed E-state index contributed by atoms with van der Waals surface area (Å²) in [5.41, 5.74) is 5.77. The lowest BCUT2D eigenvalue weighted by Gasteiger charge is -2.07. The van der Waals surface area contributed by atoms with E-state index >= 15 is 0 Å². The van der Waals surface area contributed by atoms with Crippen LogP contribution in [0.4, 0.5) is 20.2 Å². The van der Waals surface area contributed by atoms with E-state index in [1.165, 1.54) is 24.3 Å². The first-order valence-electron chi connectivity index (χ1n) is 5.78. The van der Waals surface area contributed by atoms with Gasteiger partial charge in [0.2, 0.25) is 5.91 Å². The maximum Gasteiger partial charge on any atom is 0.234 e. The Kier molecular flexibility index (Phi) is 4.57. The van der Waals surface area contributed by atoms with Crippen molar-refractivity contribution in [3.05, 3.63) is 54.1 Å². The standard InChI is InChI=1S/C14H12F2N2OS/c15-10-6-5-9(7-12(10)17)18-14(19)8-20-13-4-2-1-3-11(13)16/h1-7H,8,17H2,(H,18,19). The SMILES string of the molecule is Nc1cc(NC(=O)CSc2ccccc2F)ccc1F. The molecule has 0 heterocycles. The summed E-state index contributed by atoms with van der Waals surface area (Å²) in [7, 11) is 0. The van der Waals surface area contributed by atoms with Gasteiger partial charge in [0.15, 0.2) is 0 Å². The normalized spacial score (nSPS) is 10.3.